The molecule has 1 heterocycles. The van der Waals surface area contributed by atoms with Crippen LogP contribution in [0.1, 0.15) is 33.0 Å². The molecule has 0 atom stereocenters. The topological polar surface area (TPSA) is 81.4 Å². The van der Waals surface area contributed by atoms with Crippen LogP contribution >= 0.6 is 0 Å². The zero-order valence-corrected chi connectivity index (χ0v) is 10.1. The lowest BCUT2D eigenvalue weighted by Crippen LogP contribution is -2.28. The summed E-state index contributed by atoms with van der Waals surface area (Å²) in [6.45, 7) is 5.29. The van der Waals surface area contributed by atoms with Crippen LogP contribution in [0.25, 0.3) is 0 Å². The van der Waals surface area contributed by atoms with E-state index in [2.05, 4.69) is 4.98 Å². The number of aryl methyl sites for hydroxylation is 1. The molecular weight excluding hydrogens is 224 g/mol. The molecule has 6 nitrogen and oxygen atoms in total. The van der Waals surface area contributed by atoms with E-state index in [1.807, 2.05) is 0 Å². The van der Waals surface area contributed by atoms with E-state index in [9.17, 15) is 9.59 Å². The molecule has 6 heteroatoms. The average Bonchev–Trinajstić information content (AvgIpc) is 2.59. The molecule has 17 heavy (non-hydrogen) atoms. The minimum Gasteiger partial charge on any atom is -0.481 e. The zero-order valence-electron chi connectivity index (χ0n) is 10.1. The van der Waals surface area contributed by atoms with Crippen molar-refractivity contribution in [1.29, 1.82) is 0 Å². The van der Waals surface area contributed by atoms with E-state index in [0.29, 0.717) is 5.82 Å². The summed E-state index contributed by atoms with van der Waals surface area (Å²) in [4.78, 5) is 26.1. The number of nitrogens with zero attached hydrogens (tertiary/aromatic N) is 2. The maximum atomic E-state index is 11.7. The molecular formula is C11H16N2O4. The summed E-state index contributed by atoms with van der Waals surface area (Å²) in [5, 5.41) is 8.58. The van der Waals surface area contributed by atoms with Crippen molar-refractivity contribution in [3.05, 3.63) is 18.2 Å². The summed E-state index contributed by atoms with van der Waals surface area (Å²) < 4.78 is 6.40. The van der Waals surface area contributed by atoms with Crippen LogP contribution < -0.4 is 0 Å². The van der Waals surface area contributed by atoms with Gasteiger partial charge in [-0.3, -0.25) is 4.79 Å². The quantitative estimate of drug-likeness (QED) is 0.869. The zero-order chi connectivity index (χ0) is 13.1. The highest BCUT2D eigenvalue weighted by Crippen LogP contribution is 2.10. The lowest BCUT2D eigenvalue weighted by atomic mass is 10.2. The Morgan fingerprint density at radius 1 is 1.47 bits per heavy atom. The van der Waals surface area contributed by atoms with Gasteiger partial charge in [0.25, 0.3) is 0 Å². The molecule has 0 saturated heterocycles. The van der Waals surface area contributed by atoms with Gasteiger partial charge in [-0.25, -0.2) is 14.3 Å². The number of hydrogen-bond donors (Lipinski definition) is 1. The number of carboxylic acid groups (broad SMARTS) is 1. The van der Waals surface area contributed by atoms with Crippen LogP contribution in [0.3, 0.4) is 0 Å². The van der Waals surface area contributed by atoms with Gasteiger partial charge in [-0.15, -0.1) is 0 Å². The van der Waals surface area contributed by atoms with Gasteiger partial charge in [0.05, 0.1) is 6.42 Å². The van der Waals surface area contributed by atoms with Crippen LogP contribution in [0.4, 0.5) is 4.79 Å². The van der Waals surface area contributed by atoms with Crippen LogP contribution in [-0.4, -0.2) is 32.3 Å². The molecule has 0 aromatic carbocycles. The Morgan fingerprint density at radius 2 is 2.12 bits per heavy atom. The summed E-state index contributed by atoms with van der Waals surface area (Å²) in [7, 11) is 0. The van der Waals surface area contributed by atoms with Crippen molar-refractivity contribution in [3.8, 4) is 0 Å². The Bertz CT molecular complexity index is 417. The molecule has 0 radical (unpaired) electrons. The summed E-state index contributed by atoms with van der Waals surface area (Å²) in [5.41, 5.74) is -0.592. The summed E-state index contributed by atoms with van der Waals surface area (Å²) >= 11 is 0. The molecule has 94 valence electrons. The minimum absolute atomic E-state index is 0.0696. The van der Waals surface area contributed by atoms with Crippen molar-refractivity contribution in [3.63, 3.8) is 0 Å². The van der Waals surface area contributed by atoms with E-state index in [4.69, 9.17) is 9.84 Å². The third kappa shape index (κ3) is 4.26. The van der Waals surface area contributed by atoms with Crippen molar-refractivity contribution >= 4 is 12.1 Å². The number of ether oxygens (including phenoxy) is 1. The van der Waals surface area contributed by atoms with Gasteiger partial charge in [-0.2, -0.15) is 0 Å². The maximum absolute atomic E-state index is 11.7. The Hall–Kier alpha value is -1.85. The van der Waals surface area contributed by atoms with Gasteiger partial charge < -0.3 is 9.84 Å². The first-order valence-corrected chi connectivity index (χ1v) is 5.27. The number of carbonyl (C=O) groups excluding carboxylic acids is 1. The molecule has 0 aliphatic rings. The third-order valence-electron chi connectivity index (χ3n) is 1.87. The maximum Gasteiger partial charge on any atom is 0.419 e. The van der Waals surface area contributed by atoms with Gasteiger partial charge in [-0.1, -0.05) is 0 Å². The van der Waals surface area contributed by atoms with Crippen LogP contribution in [0.2, 0.25) is 0 Å². The van der Waals surface area contributed by atoms with Gasteiger partial charge in [-0.05, 0) is 20.8 Å². The molecule has 0 spiro atoms. The summed E-state index contributed by atoms with van der Waals surface area (Å²) in [6, 6.07) is 0. The molecule has 1 aromatic rings. The van der Waals surface area contributed by atoms with E-state index in [0.717, 1.165) is 0 Å². The van der Waals surface area contributed by atoms with Gasteiger partial charge in [0.2, 0.25) is 0 Å². The smallest absolute Gasteiger partial charge is 0.419 e. The summed E-state index contributed by atoms with van der Waals surface area (Å²) in [6.07, 6.45) is 2.49. The first-order chi connectivity index (χ1) is 7.79. The Morgan fingerprint density at radius 3 is 2.65 bits per heavy atom. The molecule has 0 fully saturated rings. The van der Waals surface area contributed by atoms with E-state index >= 15 is 0 Å². The number of rotatable bonds is 3. The highest BCUT2D eigenvalue weighted by molar-refractivity contribution is 5.72. The second-order valence-corrected chi connectivity index (χ2v) is 4.59. The first kappa shape index (κ1) is 13.2. The lowest BCUT2D eigenvalue weighted by molar-refractivity contribution is -0.137. The van der Waals surface area contributed by atoms with Crippen LogP contribution in [0.5, 0.6) is 0 Å². The van der Waals surface area contributed by atoms with Crippen LogP contribution in [0, 0.1) is 0 Å². The fourth-order valence-corrected chi connectivity index (χ4v) is 1.22. The number of imidazole rings is 1. The fourth-order valence-electron chi connectivity index (χ4n) is 1.22. The van der Waals surface area contributed by atoms with Crippen molar-refractivity contribution < 1.29 is 19.4 Å². The van der Waals surface area contributed by atoms with E-state index in [-0.39, 0.29) is 12.8 Å². The van der Waals surface area contributed by atoms with Gasteiger partial charge in [0, 0.05) is 18.8 Å². The standard InChI is InChI=1S/C11H16N2O4/c1-11(2,3)17-10(16)13-7-6-12-8(13)4-5-9(14)15/h6-7H,4-5H2,1-3H3,(H,14,15). The van der Waals surface area contributed by atoms with E-state index < -0.39 is 17.7 Å². The molecule has 0 amide bonds. The number of carbonyl (C=O) groups is 2. The Kier molecular flexibility index (Phi) is 3.88. The Balaban J connectivity index is 2.74. The largest absolute Gasteiger partial charge is 0.481 e. The monoisotopic (exact) mass is 240 g/mol. The van der Waals surface area contributed by atoms with Gasteiger partial charge >= 0.3 is 12.1 Å². The molecule has 1 rings (SSSR count). The third-order valence-corrected chi connectivity index (χ3v) is 1.87. The van der Waals surface area contributed by atoms with Crippen molar-refractivity contribution in [2.45, 2.75) is 39.2 Å². The van der Waals surface area contributed by atoms with Crippen LogP contribution in [-0.2, 0) is 16.0 Å². The second kappa shape index (κ2) is 4.99. The highest BCUT2D eigenvalue weighted by atomic mass is 16.6. The molecule has 1 aromatic heterocycles. The molecule has 0 bridgehead atoms. The molecule has 0 aliphatic carbocycles. The highest BCUT2D eigenvalue weighted by Gasteiger charge is 2.19. The SMILES string of the molecule is CC(C)(C)OC(=O)n1ccnc1CCC(=O)O. The molecule has 0 unspecified atom stereocenters. The number of aliphatic carboxylic acids is 1. The van der Waals surface area contributed by atoms with Crippen molar-refractivity contribution in [2.75, 3.05) is 0 Å². The number of aromatic nitrogens is 2. The van der Waals surface area contributed by atoms with Gasteiger partial charge in [0.1, 0.15) is 11.4 Å². The Labute approximate surface area is 99.2 Å². The fraction of sp³-hybridized carbons (Fsp3) is 0.545. The molecule has 0 saturated carbocycles. The summed E-state index contributed by atoms with van der Waals surface area (Å²) in [5.74, 6) is -0.537. The lowest BCUT2D eigenvalue weighted by Gasteiger charge is -2.19. The van der Waals surface area contributed by atoms with Crippen molar-refractivity contribution in [2.24, 2.45) is 0 Å². The number of hydrogen-bond acceptors (Lipinski definition) is 4. The predicted octanol–water partition coefficient (Wildman–Crippen LogP) is 1.68. The normalized spacial score (nSPS) is 11.2. The molecule has 0 aliphatic heterocycles. The molecule has 1 N–H and O–H groups in total. The van der Waals surface area contributed by atoms with E-state index in [1.165, 1.54) is 17.0 Å². The van der Waals surface area contributed by atoms with Gasteiger partial charge in [0.15, 0.2) is 0 Å². The number of carboxylic acids is 1. The predicted molar refractivity (Wildman–Crippen MR) is 59.8 cm³/mol. The first-order valence-electron chi connectivity index (χ1n) is 5.27. The second-order valence-electron chi connectivity index (χ2n) is 4.59. The average molecular weight is 240 g/mol. The minimum atomic E-state index is -0.927. The van der Waals surface area contributed by atoms with Crippen molar-refractivity contribution in [1.82, 2.24) is 9.55 Å². The van der Waals surface area contributed by atoms with E-state index in [1.54, 1.807) is 20.8 Å². The van der Waals surface area contributed by atoms with Crippen LogP contribution in [0.15, 0.2) is 12.4 Å².